The summed E-state index contributed by atoms with van der Waals surface area (Å²) in [6.45, 7) is 7.65. The lowest BCUT2D eigenvalue weighted by atomic mass is 10.2. The maximum atomic E-state index is 12.3. The number of hydrogen-bond acceptors (Lipinski definition) is 3. The number of benzene rings is 1. The fourth-order valence-corrected chi connectivity index (χ4v) is 2.39. The molecule has 2 rings (SSSR count). The zero-order valence-corrected chi connectivity index (χ0v) is 12.3. The highest BCUT2D eigenvalue weighted by Gasteiger charge is 2.26. The highest BCUT2D eigenvalue weighted by Crippen LogP contribution is 2.24. The summed E-state index contributed by atoms with van der Waals surface area (Å²) in [7, 11) is 0. The topological polar surface area (TPSA) is 50.8 Å². The minimum Gasteiger partial charge on any atom is -0.492 e. The molecule has 2 amide bonds. The molecule has 1 aromatic rings. The summed E-state index contributed by atoms with van der Waals surface area (Å²) >= 11 is 0. The van der Waals surface area contributed by atoms with Crippen LogP contribution in [0.5, 0.6) is 5.75 Å². The molecule has 1 saturated heterocycles. The molecular weight excluding hydrogens is 256 g/mol. The molecule has 110 valence electrons. The lowest BCUT2D eigenvalue weighted by Crippen LogP contribution is -2.49. The Morgan fingerprint density at radius 3 is 2.65 bits per heavy atom. The summed E-state index contributed by atoms with van der Waals surface area (Å²) in [5.41, 5.74) is 0.700. The summed E-state index contributed by atoms with van der Waals surface area (Å²) in [6, 6.07) is 7.35. The fraction of sp³-hybridized carbons (Fsp3) is 0.533. The number of nitrogens with zero attached hydrogens (tertiary/aromatic N) is 1. The van der Waals surface area contributed by atoms with Crippen LogP contribution < -0.4 is 10.1 Å². The number of urea groups is 1. The summed E-state index contributed by atoms with van der Waals surface area (Å²) < 4.78 is 11.1. The summed E-state index contributed by atoms with van der Waals surface area (Å²) in [5.74, 6) is 0.692. The van der Waals surface area contributed by atoms with Crippen LogP contribution >= 0.6 is 0 Å². The summed E-state index contributed by atoms with van der Waals surface area (Å²) in [6.07, 6.45) is 0.123. The predicted molar refractivity (Wildman–Crippen MR) is 78.2 cm³/mol. The van der Waals surface area contributed by atoms with Crippen LogP contribution in [-0.4, -0.2) is 42.8 Å². The lowest BCUT2D eigenvalue weighted by Gasteiger charge is -2.35. The van der Waals surface area contributed by atoms with E-state index in [-0.39, 0.29) is 18.2 Å². The first kappa shape index (κ1) is 14.7. The standard InChI is InChI=1S/C15H22N2O3/c1-4-19-14-8-6-5-7-13(14)16-15(18)17-9-11(2)20-12(3)10-17/h5-8,11-12H,4,9-10H2,1-3H3,(H,16,18)/t11-,12-/m0/s1. The SMILES string of the molecule is CCOc1ccccc1NC(=O)N1C[C@H](C)O[C@@H](C)C1. The van der Waals surface area contributed by atoms with Crippen molar-refractivity contribution in [1.29, 1.82) is 0 Å². The minimum atomic E-state index is -0.112. The molecule has 1 N–H and O–H groups in total. The van der Waals surface area contributed by atoms with Crippen LogP contribution in [0, 0.1) is 0 Å². The first-order valence-electron chi connectivity index (χ1n) is 7.03. The maximum absolute atomic E-state index is 12.3. The second-order valence-electron chi connectivity index (χ2n) is 5.02. The van der Waals surface area contributed by atoms with Gasteiger partial charge in [-0.2, -0.15) is 0 Å². The van der Waals surface area contributed by atoms with Gasteiger partial charge in [0.25, 0.3) is 0 Å². The Morgan fingerprint density at radius 2 is 2.00 bits per heavy atom. The zero-order chi connectivity index (χ0) is 14.5. The molecule has 1 heterocycles. The van der Waals surface area contributed by atoms with E-state index in [1.807, 2.05) is 45.0 Å². The van der Waals surface area contributed by atoms with Crippen molar-refractivity contribution in [2.75, 3.05) is 25.0 Å². The number of amides is 2. The lowest BCUT2D eigenvalue weighted by molar-refractivity contribution is -0.0530. The molecule has 1 aliphatic rings. The molecule has 0 aromatic heterocycles. The third-order valence-corrected chi connectivity index (χ3v) is 3.14. The van der Waals surface area contributed by atoms with E-state index < -0.39 is 0 Å². The van der Waals surface area contributed by atoms with Gasteiger partial charge in [0.1, 0.15) is 5.75 Å². The first-order chi connectivity index (χ1) is 9.60. The van der Waals surface area contributed by atoms with E-state index in [0.29, 0.717) is 31.1 Å². The molecule has 0 aliphatic carbocycles. The van der Waals surface area contributed by atoms with E-state index in [9.17, 15) is 4.79 Å². The first-order valence-corrected chi connectivity index (χ1v) is 7.03. The summed E-state index contributed by atoms with van der Waals surface area (Å²) in [5, 5.41) is 2.91. The molecule has 0 unspecified atom stereocenters. The molecule has 5 nitrogen and oxygen atoms in total. The smallest absolute Gasteiger partial charge is 0.322 e. The van der Waals surface area contributed by atoms with Crippen LogP contribution in [0.25, 0.3) is 0 Å². The van der Waals surface area contributed by atoms with Crippen molar-refractivity contribution >= 4 is 11.7 Å². The van der Waals surface area contributed by atoms with Crippen molar-refractivity contribution in [3.63, 3.8) is 0 Å². The monoisotopic (exact) mass is 278 g/mol. The van der Waals surface area contributed by atoms with Crippen molar-refractivity contribution in [3.05, 3.63) is 24.3 Å². The van der Waals surface area contributed by atoms with Crippen molar-refractivity contribution < 1.29 is 14.3 Å². The molecule has 0 saturated carbocycles. The number of hydrogen-bond donors (Lipinski definition) is 1. The van der Waals surface area contributed by atoms with Gasteiger partial charge >= 0.3 is 6.03 Å². The molecule has 0 bridgehead atoms. The van der Waals surface area contributed by atoms with Gasteiger partial charge in [-0.1, -0.05) is 12.1 Å². The van der Waals surface area contributed by atoms with Crippen molar-refractivity contribution in [1.82, 2.24) is 4.90 Å². The Labute approximate surface area is 119 Å². The van der Waals surface area contributed by atoms with Crippen LogP contribution in [-0.2, 0) is 4.74 Å². The van der Waals surface area contributed by atoms with Crippen molar-refractivity contribution in [2.45, 2.75) is 33.0 Å². The highest BCUT2D eigenvalue weighted by atomic mass is 16.5. The third-order valence-electron chi connectivity index (χ3n) is 3.14. The average Bonchev–Trinajstić information content (AvgIpc) is 2.40. The number of ether oxygens (including phenoxy) is 2. The molecule has 1 aliphatic heterocycles. The second kappa shape index (κ2) is 6.61. The Kier molecular flexibility index (Phi) is 4.84. The molecule has 20 heavy (non-hydrogen) atoms. The van der Waals surface area contributed by atoms with E-state index in [1.54, 1.807) is 4.90 Å². The highest BCUT2D eigenvalue weighted by molar-refractivity contribution is 5.91. The fourth-order valence-electron chi connectivity index (χ4n) is 2.39. The van der Waals surface area contributed by atoms with Crippen molar-refractivity contribution in [3.8, 4) is 5.75 Å². The van der Waals surface area contributed by atoms with E-state index in [1.165, 1.54) is 0 Å². The van der Waals surface area contributed by atoms with Crippen LogP contribution in [0.3, 0.4) is 0 Å². The number of carbonyl (C=O) groups excluding carboxylic acids is 1. The number of anilines is 1. The number of carbonyl (C=O) groups is 1. The van der Waals surface area contributed by atoms with Gasteiger partial charge in [0.15, 0.2) is 0 Å². The van der Waals surface area contributed by atoms with Crippen LogP contribution in [0.4, 0.5) is 10.5 Å². The van der Waals surface area contributed by atoms with E-state index in [2.05, 4.69) is 5.32 Å². The Balaban J connectivity index is 2.04. The molecular formula is C15H22N2O3. The van der Waals surface area contributed by atoms with Crippen LogP contribution in [0.2, 0.25) is 0 Å². The predicted octanol–water partition coefficient (Wildman–Crippen LogP) is 2.73. The molecule has 2 atom stereocenters. The molecule has 0 radical (unpaired) electrons. The minimum absolute atomic E-state index is 0.0617. The third kappa shape index (κ3) is 3.63. The van der Waals surface area contributed by atoms with Gasteiger partial charge in [0, 0.05) is 13.1 Å². The van der Waals surface area contributed by atoms with E-state index in [0.717, 1.165) is 0 Å². The number of rotatable bonds is 3. The van der Waals surface area contributed by atoms with Gasteiger partial charge in [0.2, 0.25) is 0 Å². The average molecular weight is 278 g/mol. The van der Waals surface area contributed by atoms with Crippen molar-refractivity contribution in [2.24, 2.45) is 0 Å². The van der Waals surface area contributed by atoms with E-state index >= 15 is 0 Å². The molecule has 0 spiro atoms. The van der Waals surface area contributed by atoms with Gasteiger partial charge < -0.3 is 19.7 Å². The second-order valence-corrected chi connectivity index (χ2v) is 5.02. The van der Waals surface area contributed by atoms with E-state index in [4.69, 9.17) is 9.47 Å². The Bertz CT molecular complexity index is 454. The number of morpholine rings is 1. The quantitative estimate of drug-likeness (QED) is 0.925. The number of nitrogens with one attached hydrogen (secondary N) is 1. The largest absolute Gasteiger partial charge is 0.492 e. The maximum Gasteiger partial charge on any atom is 0.322 e. The summed E-state index contributed by atoms with van der Waals surface area (Å²) in [4.78, 5) is 14.1. The number of para-hydroxylation sites is 2. The zero-order valence-electron chi connectivity index (χ0n) is 12.3. The molecule has 1 aromatic carbocycles. The van der Waals surface area contributed by atoms with Gasteiger partial charge in [-0.25, -0.2) is 4.79 Å². The van der Waals surface area contributed by atoms with Gasteiger partial charge in [0.05, 0.1) is 24.5 Å². The van der Waals surface area contributed by atoms with Crippen LogP contribution in [0.1, 0.15) is 20.8 Å². The Morgan fingerprint density at radius 1 is 1.35 bits per heavy atom. The van der Waals surface area contributed by atoms with Crippen LogP contribution in [0.15, 0.2) is 24.3 Å². The molecule has 1 fully saturated rings. The van der Waals surface area contributed by atoms with Gasteiger partial charge in [-0.05, 0) is 32.9 Å². The molecule has 5 heteroatoms. The van der Waals surface area contributed by atoms with Gasteiger partial charge in [-0.15, -0.1) is 0 Å². The normalized spacial score (nSPS) is 22.4. The Hall–Kier alpha value is -1.75. The van der Waals surface area contributed by atoms with Gasteiger partial charge in [-0.3, -0.25) is 0 Å².